The number of halogens is 1. The van der Waals surface area contributed by atoms with Crippen LogP contribution in [0.5, 0.6) is 11.5 Å². The summed E-state index contributed by atoms with van der Waals surface area (Å²) >= 11 is 3.47. The summed E-state index contributed by atoms with van der Waals surface area (Å²) in [7, 11) is 3.28. The van der Waals surface area contributed by atoms with Crippen molar-refractivity contribution in [2.45, 2.75) is 6.54 Å². The summed E-state index contributed by atoms with van der Waals surface area (Å²) in [6, 6.07) is 11.8. The minimum Gasteiger partial charge on any atom is -0.497 e. The molecule has 118 valence electrons. The average molecular weight is 374 g/mol. The topological polar surface area (TPSA) is 56.3 Å². The number of anilines is 1. The summed E-state index contributed by atoms with van der Waals surface area (Å²) in [6.07, 6.45) is 1.75. The van der Waals surface area contributed by atoms with E-state index in [2.05, 4.69) is 31.4 Å². The Bertz CT molecular complexity index is 839. The van der Waals surface area contributed by atoms with E-state index in [0.29, 0.717) is 6.54 Å². The minimum absolute atomic E-state index is 0.580. The van der Waals surface area contributed by atoms with Crippen molar-refractivity contribution < 1.29 is 9.47 Å². The number of nitrogens with one attached hydrogen (secondary N) is 1. The van der Waals surface area contributed by atoms with Crippen LogP contribution in [0.15, 0.2) is 47.1 Å². The Morgan fingerprint density at radius 2 is 1.96 bits per heavy atom. The van der Waals surface area contributed by atoms with Gasteiger partial charge in [0.05, 0.1) is 20.4 Å². The quantitative estimate of drug-likeness (QED) is 0.731. The van der Waals surface area contributed by atoms with Crippen LogP contribution in [-0.2, 0) is 6.54 Å². The lowest BCUT2D eigenvalue weighted by Gasteiger charge is -2.12. The molecule has 0 saturated carbocycles. The fraction of sp³-hybridized carbons (Fsp3) is 0.176. The zero-order valence-corrected chi connectivity index (χ0v) is 14.4. The van der Waals surface area contributed by atoms with E-state index in [1.807, 2.05) is 36.4 Å². The molecule has 0 amide bonds. The second-order valence-electron chi connectivity index (χ2n) is 4.96. The first-order valence-electron chi connectivity index (χ1n) is 7.07. The van der Waals surface area contributed by atoms with Gasteiger partial charge in [-0.05, 0) is 30.3 Å². The smallest absolute Gasteiger partial charge is 0.156 e. The Morgan fingerprint density at radius 3 is 2.74 bits per heavy atom. The van der Waals surface area contributed by atoms with Crippen LogP contribution in [0, 0.1) is 0 Å². The molecular formula is C17H16BrN3O2. The van der Waals surface area contributed by atoms with Crippen LogP contribution in [0.1, 0.15) is 5.56 Å². The fourth-order valence-electron chi connectivity index (χ4n) is 2.37. The van der Waals surface area contributed by atoms with Gasteiger partial charge in [0.2, 0.25) is 0 Å². The first-order valence-corrected chi connectivity index (χ1v) is 7.86. The van der Waals surface area contributed by atoms with Gasteiger partial charge in [-0.25, -0.2) is 0 Å². The summed E-state index contributed by atoms with van der Waals surface area (Å²) < 4.78 is 11.6. The maximum absolute atomic E-state index is 5.42. The molecular weight excluding hydrogens is 358 g/mol. The van der Waals surface area contributed by atoms with Crippen LogP contribution in [0.25, 0.3) is 10.8 Å². The van der Waals surface area contributed by atoms with E-state index >= 15 is 0 Å². The number of ether oxygens (including phenoxy) is 2. The number of fused-ring (bicyclic) bond motifs is 1. The third-order valence-electron chi connectivity index (χ3n) is 3.56. The van der Waals surface area contributed by atoms with E-state index < -0.39 is 0 Å². The van der Waals surface area contributed by atoms with E-state index in [0.717, 1.165) is 38.1 Å². The molecule has 1 N–H and O–H groups in total. The number of nitrogens with zero attached hydrogens (tertiary/aromatic N) is 2. The molecule has 0 unspecified atom stereocenters. The molecule has 1 aromatic heterocycles. The second-order valence-corrected chi connectivity index (χ2v) is 5.87. The first-order chi connectivity index (χ1) is 11.2. The van der Waals surface area contributed by atoms with E-state index in [-0.39, 0.29) is 0 Å². The molecule has 2 aromatic carbocycles. The zero-order chi connectivity index (χ0) is 16.2. The third kappa shape index (κ3) is 3.37. The summed E-state index contributed by atoms with van der Waals surface area (Å²) in [4.78, 5) is 0. The number of hydrogen-bond donors (Lipinski definition) is 1. The van der Waals surface area contributed by atoms with Crippen LogP contribution in [0.3, 0.4) is 0 Å². The number of rotatable bonds is 5. The lowest BCUT2D eigenvalue weighted by Crippen LogP contribution is -2.04. The largest absolute Gasteiger partial charge is 0.497 e. The van der Waals surface area contributed by atoms with Crippen LogP contribution < -0.4 is 14.8 Å². The maximum Gasteiger partial charge on any atom is 0.156 e. The third-order valence-corrected chi connectivity index (χ3v) is 4.06. The predicted molar refractivity (Wildman–Crippen MR) is 94.1 cm³/mol. The summed E-state index contributed by atoms with van der Waals surface area (Å²) in [6.45, 7) is 0.580. The highest BCUT2D eigenvalue weighted by molar-refractivity contribution is 9.10. The Hall–Kier alpha value is -2.34. The molecule has 0 aliphatic carbocycles. The molecule has 3 aromatic rings. The molecule has 0 aliphatic heterocycles. The van der Waals surface area contributed by atoms with E-state index in [1.54, 1.807) is 20.4 Å². The number of benzene rings is 2. The van der Waals surface area contributed by atoms with Gasteiger partial charge in [-0.15, -0.1) is 5.10 Å². The highest BCUT2D eigenvalue weighted by Gasteiger charge is 2.08. The molecule has 0 aliphatic rings. The van der Waals surface area contributed by atoms with Crippen molar-refractivity contribution in [1.29, 1.82) is 0 Å². The van der Waals surface area contributed by atoms with Gasteiger partial charge in [0.1, 0.15) is 11.5 Å². The molecule has 0 radical (unpaired) electrons. The van der Waals surface area contributed by atoms with E-state index in [1.165, 1.54) is 0 Å². The maximum atomic E-state index is 5.42. The first kappa shape index (κ1) is 15.6. The molecule has 1 heterocycles. The van der Waals surface area contributed by atoms with E-state index in [9.17, 15) is 0 Å². The molecule has 0 bridgehead atoms. The Kier molecular flexibility index (Phi) is 4.62. The molecule has 0 spiro atoms. The van der Waals surface area contributed by atoms with Crippen LogP contribution >= 0.6 is 15.9 Å². The average Bonchev–Trinajstić information content (AvgIpc) is 2.59. The van der Waals surface area contributed by atoms with Gasteiger partial charge in [-0.1, -0.05) is 15.9 Å². The summed E-state index contributed by atoms with van der Waals surface area (Å²) in [5.74, 6) is 2.28. The fourth-order valence-corrected chi connectivity index (χ4v) is 2.74. The standard InChI is InChI=1S/C17H16BrN3O2/c1-22-14-5-3-11(16(8-14)23-2)9-19-17-15-6-4-13(18)7-12(15)10-20-21-17/h3-8,10H,9H2,1-2H3,(H,19,21). The molecule has 5 nitrogen and oxygen atoms in total. The molecule has 0 saturated heterocycles. The minimum atomic E-state index is 0.580. The molecule has 6 heteroatoms. The highest BCUT2D eigenvalue weighted by atomic mass is 79.9. The van der Waals surface area contributed by atoms with Crippen molar-refractivity contribution >= 4 is 32.5 Å². The Labute approximate surface area is 142 Å². The van der Waals surface area contributed by atoms with Gasteiger partial charge >= 0.3 is 0 Å². The zero-order valence-electron chi connectivity index (χ0n) is 12.8. The summed E-state index contributed by atoms with van der Waals surface area (Å²) in [5.41, 5.74) is 1.02. The molecule has 0 fully saturated rings. The predicted octanol–water partition coefficient (Wildman–Crippen LogP) is 4.02. The van der Waals surface area contributed by atoms with Crippen LogP contribution in [-0.4, -0.2) is 24.4 Å². The monoisotopic (exact) mass is 373 g/mol. The Balaban J connectivity index is 1.86. The van der Waals surface area contributed by atoms with Gasteiger partial charge in [-0.2, -0.15) is 5.10 Å². The van der Waals surface area contributed by atoms with E-state index in [4.69, 9.17) is 9.47 Å². The van der Waals surface area contributed by atoms with Crippen LogP contribution in [0.2, 0.25) is 0 Å². The van der Waals surface area contributed by atoms with Crippen molar-refractivity contribution in [3.8, 4) is 11.5 Å². The van der Waals surface area contributed by atoms with Crippen molar-refractivity contribution in [1.82, 2.24) is 10.2 Å². The van der Waals surface area contributed by atoms with Crippen molar-refractivity contribution in [2.24, 2.45) is 0 Å². The SMILES string of the molecule is COc1ccc(CNc2nncc3cc(Br)ccc23)c(OC)c1. The normalized spacial score (nSPS) is 10.6. The number of methoxy groups -OCH3 is 2. The van der Waals surface area contributed by atoms with Gasteiger partial charge in [0.25, 0.3) is 0 Å². The van der Waals surface area contributed by atoms with Gasteiger partial charge < -0.3 is 14.8 Å². The van der Waals surface area contributed by atoms with Crippen molar-refractivity contribution in [3.63, 3.8) is 0 Å². The highest BCUT2D eigenvalue weighted by Crippen LogP contribution is 2.27. The lowest BCUT2D eigenvalue weighted by molar-refractivity contribution is 0.391. The number of hydrogen-bond acceptors (Lipinski definition) is 5. The Morgan fingerprint density at radius 1 is 1.09 bits per heavy atom. The van der Waals surface area contributed by atoms with Crippen molar-refractivity contribution in [2.75, 3.05) is 19.5 Å². The summed E-state index contributed by atoms with van der Waals surface area (Å²) in [5, 5.41) is 13.6. The van der Waals surface area contributed by atoms with Gasteiger partial charge in [0, 0.05) is 33.4 Å². The molecule has 3 rings (SSSR count). The number of aromatic nitrogens is 2. The van der Waals surface area contributed by atoms with Crippen molar-refractivity contribution in [3.05, 3.63) is 52.6 Å². The van der Waals surface area contributed by atoms with Crippen LogP contribution in [0.4, 0.5) is 5.82 Å². The second kappa shape index (κ2) is 6.83. The molecule has 0 atom stereocenters. The lowest BCUT2D eigenvalue weighted by atomic mass is 10.1. The molecule has 23 heavy (non-hydrogen) atoms. The van der Waals surface area contributed by atoms with Gasteiger partial charge in [-0.3, -0.25) is 0 Å². The van der Waals surface area contributed by atoms with Gasteiger partial charge in [0.15, 0.2) is 5.82 Å².